The zero-order valence-electron chi connectivity index (χ0n) is 4.15. The van der Waals surface area contributed by atoms with E-state index in [1.165, 1.54) is 0 Å². The Morgan fingerprint density at radius 2 is 2.43 bits per heavy atom. The summed E-state index contributed by atoms with van der Waals surface area (Å²) in [4.78, 5) is 0. The first kappa shape index (κ1) is 6.03. The Morgan fingerprint density at radius 3 is 2.57 bits per heavy atom. The second-order valence-electron chi connectivity index (χ2n) is 1.05. The lowest BCUT2D eigenvalue weighted by molar-refractivity contribution is 0.396. The first-order chi connectivity index (χ1) is 3.31. The van der Waals surface area contributed by atoms with Crippen molar-refractivity contribution in [1.82, 2.24) is 0 Å². The monoisotopic (exact) mass is 97.1 g/mol. The van der Waals surface area contributed by atoms with Gasteiger partial charge in [0.25, 0.3) is 0 Å². The quantitative estimate of drug-likeness (QED) is 0.288. The van der Waals surface area contributed by atoms with Crippen LogP contribution in [0.3, 0.4) is 0 Å². The predicted octanol–water partition coefficient (Wildman–Crippen LogP) is 1.24. The molecule has 0 amide bonds. The van der Waals surface area contributed by atoms with E-state index in [1.54, 1.807) is 6.92 Å². The van der Waals surface area contributed by atoms with Crippen molar-refractivity contribution in [2.24, 2.45) is 0 Å². The van der Waals surface area contributed by atoms with Crippen LogP contribution in [-0.4, -0.2) is 11.0 Å². The molecule has 0 aliphatic heterocycles. The Bertz CT molecular complexity index is 127. The van der Waals surface area contributed by atoms with Crippen LogP contribution >= 0.6 is 0 Å². The average Bonchev–Trinajstić information content (AvgIpc) is 1.68. The first-order valence-corrected chi connectivity index (χ1v) is 2.03. The predicted molar refractivity (Wildman–Crippen MR) is 27.7 cm³/mol. The molecule has 0 aliphatic carbocycles. The fourth-order valence-electron chi connectivity index (χ4n) is 0.161. The van der Waals surface area contributed by atoms with Gasteiger partial charge in [0.05, 0.1) is 0 Å². The largest absolute Gasteiger partial charge is 0.504 e. The highest BCUT2D eigenvalue weighted by Crippen LogP contribution is 1.86. The molecule has 0 saturated carbocycles. The van der Waals surface area contributed by atoms with Gasteiger partial charge in [-0.1, -0.05) is 6.92 Å². The normalized spacial score (nSPS) is 6.43. The highest BCUT2D eigenvalue weighted by molar-refractivity contribution is 5.46. The van der Waals surface area contributed by atoms with Crippen molar-refractivity contribution in [1.29, 1.82) is 5.41 Å². The molecule has 2 heteroatoms. The minimum Gasteiger partial charge on any atom is -0.504 e. The molecule has 0 unspecified atom stereocenters. The summed E-state index contributed by atoms with van der Waals surface area (Å²) in [6.45, 7) is 1.78. The Balaban J connectivity index is 4.01. The molecular formula is C5H7NO. The van der Waals surface area contributed by atoms with E-state index in [9.17, 15) is 0 Å². The van der Waals surface area contributed by atoms with Crippen LogP contribution in [0.25, 0.3) is 0 Å². The molecule has 7 heavy (non-hydrogen) atoms. The maximum atomic E-state index is 8.48. The number of nitrogens with one attached hydrogen (secondary N) is 1. The molecule has 0 heterocycles. The molecule has 0 bridgehead atoms. The van der Waals surface area contributed by atoms with Crippen molar-refractivity contribution in [3.05, 3.63) is 11.5 Å². The van der Waals surface area contributed by atoms with E-state index >= 15 is 0 Å². The molecule has 0 rings (SSSR count). The summed E-state index contributed by atoms with van der Waals surface area (Å²) < 4.78 is 0. The Kier molecular flexibility index (Phi) is 2.78. The molecule has 0 fully saturated rings. The highest BCUT2D eigenvalue weighted by Gasteiger charge is 1.77. The molecule has 2 N–H and O–H groups in total. The van der Waals surface area contributed by atoms with Crippen LogP contribution in [0.15, 0.2) is 11.5 Å². The van der Waals surface area contributed by atoms with E-state index in [-0.39, 0.29) is 5.76 Å². The Labute approximate surface area is 42.3 Å². The van der Waals surface area contributed by atoms with E-state index in [1.807, 2.05) is 5.87 Å². The number of rotatable bonds is 1. The summed E-state index contributed by atoms with van der Waals surface area (Å²) in [5, 5.41) is 14.8. The third-order valence-corrected chi connectivity index (χ3v) is 0.542. The molecule has 0 aromatic carbocycles. The van der Waals surface area contributed by atoms with Crippen molar-refractivity contribution in [3.8, 4) is 0 Å². The van der Waals surface area contributed by atoms with Gasteiger partial charge in [-0.3, -0.25) is 5.41 Å². The fourth-order valence-corrected chi connectivity index (χ4v) is 0.161. The van der Waals surface area contributed by atoms with Crippen molar-refractivity contribution in [2.45, 2.75) is 13.3 Å². The third kappa shape index (κ3) is 2.84. The minimum atomic E-state index is 0.0787. The molecule has 0 radical (unpaired) electrons. The van der Waals surface area contributed by atoms with Gasteiger partial charge < -0.3 is 5.11 Å². The number of aliphatic hydroxyl groups excluding tert-OH is 1. The minimum absolute atomic E-state index is 0.0787. The van der Waals surface area contributed by atoms with Gasteiger partial charge in [-0.2, -0.15) is 0 Å². The Hall–Kier alpha value is -0.970. The number of allylic oxidation sites excluding steroid dienone is 1. The molecule has 0 aliphatic rings. The van der Waals surface area contributed by atoms with Gasteiger partial charge in [0.2, 0.25) is 0 Å². The van der Waals surface area contributed by atoms with Crippen LogP contribution in [0, 0.1) is 5.41 Å². The highest BCUT2D eigenvalue weighted by atomic mass is 16.3. The topological polar surface area (TPSA) is 44.1 Å². The smallest absolute Gasteiger partial charge is 0.144 e. The van der Waals surface area contributed by atoms with Crippen LogP contribution in [0.2, 0.25) is 0 Å². The fraction of sp³-hybridized carbons (Fsp3) is 0.400. The molecule has 0 aromatic rings. The van der Waals surface area contributed by atoms with E-state index in [0.717, 1.165) is 0 Å². The van der Waals surface area contributed by atoms with E-state index in [0.29, 0.717) is 6.42 Å². The second-order valence-corrected chi connectivity index (χ2v) is 1.05. The van der Waals surface area contributed by atoms with Gasteiger partial charge in [-0.15, -0.1) is 0 Å². The van der Waals surface area contributed by atoms with E-state index in [4.69, 9.17) is 10.5 Å². The van der Waals surface area contributed by atoms with E-state index in [2.05, 4.69) is 5.73 Å². The SMILES string of the molecule is CCC(O)=C=C=N. The lowest BCUT2D eigenvalue weighted by atomic mass is 10.4. The lowest BCUT2D eigenvalue weighted by Crippen LogP contribution is -1.69. The summed E-state index contributed by atoms with van der Waals surface area (Å²) in [5.41, 5.74) is 2.18. The van der Waals surface area contributed by atoms with Gasteiger partial charge in [0, 0.05) is 12.3 Å². The summed E-state index contributed by atoms with van der Waals surface area (Å²) in [6.07, 6.45) is 0.520. The summed E-state index contributed by atoms with van der Waals surface area (Å²) in [5.74, 6) is 1.91. The lowest BCUT2D eigenvalue weighted by Gasteiger charge is -1.79. The number of hydrogen-bond donors (Lipinski definition) is 2. The van der Waals surface area contributed by atoms with Crippen molar-refractivity contribution in [2.75, 3.05) is 0 Å². The zero-order valence-corrected chi connectivity index (χ0v) is 4.15. The molecule has 0 saturated heterocycles. The van der Waals surface area contributed by atoms with Crippen LogP contribution < -0.4 is 0 Å². The average molecular weight is 97.1 g/mol. The van der Waals surface area contributed by atoms with Crippen molar-refractivity contribution < 1.29 is 5.11 Å². The maximum Gasteiger partial charge on any atom is 0.144 e. The number of aliphatic hydroxyl groups is 1. The van der Waals surface area contributed by atoms with Gasteiger partial charge >= 0.3 is 0 Å². The first-order valence-electron chi connectivity index (χ1n) is 2.03. The zero-order chi connectivity index (χ0) is 5.70. The molecule has 0 atom stereocenters. The molecule has 2 nitrogen and oxygen atoms in total. The molecular weight excluding hydrogens is 90.1 g/mol. The van der Waals surface area contributed by atoms with Gasteiger partial charge in [-0.25, -0.2) is 0 Å². The molecule has 0 spiro atoms. The number of hydrogen-bond acceptors (Lipinski definition) is 2. The van der Waals surface area contributed by atoms with Crippen molar-refractivity contribution >= 4 is 5.87 Å². The standard InChI is InChI=1S/C5H7NO/c1-2-5(7)3-4-6/h6-7H,2H2,1H3. The summed E-state index contributed by atoms with van der Waals surface area (Å²) >= 11 is 0. The van der Waals surface area contributed by atoms with Crippen LogP contribution in [0.4, 0.5) is 0 Å². The summed E-state index contributed by atoms with van der Waals surface area (Å²) in [6, 6.07) is 0. The van der Waals surface area contributed by atoms with E-state index < -0.39 is 0 Å². The van der Waals surface area contributed by atoms with Gasteiger partial charge in [0.1, 0.15) is 5.76 Å². The maximum absolute atomic E-state index is 8.48. The molecule has 0 aromatic heterocycles. The Morgan fingerprint density at radius 1 is 1.86 bits per heavy atom. The van der Waals surface area contributed by atoms with Crippen LogP contribution in [0.5, 0.6) is 0 Å². The van der Waals surface area contributed by atoms with Gasteiger partial charge in [0.15, 0.2) is 0 Å². The molecule has 38 valence electrons. The van der Waals surface area contributed by atoms with Crippen molar-refractivity contribution in [3.63, 3.8) is 0 Å². The van der Waals surface area contributed by atoms with Gasteiger partial charge in [-0.05, 0) is 5.73 Å². The summed E-state index contributed by atoms with van der Waals surface area (Å²) in [7, 11) is 0. The third-order valence-electron chi connectivity index (χ3n) is 0.542. The second kappa shape index (κ2) is 3.23. The van der Waals surface area contributed by atoms with Crippen LogP contribution in [0.1, 0.15) is 13.3 Å². The van der Waals surface area contributed by atoms with Crippen LogP contribution in [-0.2, 0) is 0 Å².